The Balaban J connectivity index is 2.32. The maximum atomic E-state index is 12.4. The quantitative estimate of drug-likeness (QED) is 0.715. The van der Waals surface area contributed by atoms with Crippen LogP contribution in [0, 0.1) is 0 Å². The standard InChI is InChI=1S/C13H11ClN4O2/c1-2-18-13(20)17-7-6-16(12(19)11(17)15-18)10-5-3-4-9(14)8-10/h3-8H,2H2,1H3. The van der Waals surface area contributed by atoms with E-state index >= 15 is 0 Å². The zero-order valence-electron chi connectivity index (χ0n) is 10.7. The molecule has 0 amide bonds. The maximum Gasteiger partial charge on any atom is 0.350 e. The van der Waals surface area contributed by atoms with Crippen LogP contribution in [-0.4, -0.2) is 18.7 Å². The molecule has 1 aromatic carbocycles. The Morgan fingerprint density at radius 3 is 2.75 bits per heavy atom. The van der Waals surface area contributed by atoms with Gasteiger partial charge in [0.25, 0.3) is 0 Å². The summed E-state index contributed by atoms with van der Waals surface area (Å²) < 4.78 is 3.90. The first-order chi connectivity index (χ1) is 9.61. The second kappa shape index (κ2) is 4.64. The molecule has 6 nitrogen and oxygen atoms in total. The van der Waals surface area contributed by atoms with Gasteiger partial charge in [0.2, 0.25) is 5.65 Å². The van der Waals surface area contributed by atoms with Gasteiger partial charge in [-0.3, -0.25) is 9.36 Å². The number of rotatable bonds is 2. The summed E-state index contributed by atoms with van der Waals surface area (Å²) in [5.74, 6) is 0. The van der Waals surface area contributed by atoms with E-state index in [4.69, 9.17) is 11.6 Å². The Hall–Kier alpha value is -2.34. The third-order valence-electron chi connectivity index (χ3n) is 3.03. The number of benzene rings is 1. The molecule has 2 heterocycles. The molecule has 3 aromatic rings. The molecule has 0 unspecified atom stereocenters. The number of nitrogens with zero attached hydrogens (tertiary/aromatic N) is 4. The van der Waals surface area contributed by atoms with Crippen molar-refractivity contribution in [3.05, 3.63) is 62.5 Å². The molecule has 0 N–H and O–H groups in total. The highest BCUT2D eigenvalue weighted by molar-refractivity contribution is 6.30. The van der Waals surface area contributed by atoms with Crippen molar-refractivity contribution in [2.45, 2.75) is 13.5 Å². The lowest BCUT2D eigenvalue weighted by molar-refractivity contribution is 0.633. The molecule has 102 valence electrons. The highest BCUT2D eigenvalue weighted by Crippen LogP contribution is 2.13. The van der Waals surface area contributed by atoms with E-state index in [0.29, 0.717) is 17.3 Å². The van der Waals surface area contributed by atoms with Crippen LogP contribution in [0.15, 0.2) is 46.2 Å². The van der Waals surface area contributed by atoms with Crippen LogP contribution in [0.5, 0.6) is 0 Å². The molecule has 0 aliphatic rings. The lowest BCUT2D eigenvalue weighted by atomic mass is 10.3. The Morgan fingerprint density at radius 1 is 1.25 bits per heavy atom. The van der Waals surface area contributed by atoms with Crippen molar-refractivity contribution in [3.8, 4) is 5.69 Å². The number of aryl methyl sites for hydroxylation is 1. The summed E-state index contributed by atoms with van der Waals surface area (Å²) in [6.45, 7) is 2.21. The molecule has 7 heteroatoms. The van der Waals surface area contributed by atoms with Gasteiger partial charge >= 0.3 is 11.2 Å². The summed E-state index contributed by atoms with van der Waals surface area (Å²) >= 11 is 5.93. The normalized spacial score (nSPS) is 11.1. The van der Waals surface area contributed by atoms with E-state index in [9.17, 15) is 9.59 Å². The zero-order valence-corrected chi connectivity index (χ0v) is 11.4. The molecule has 20 heavy (non-hydrogen) atoms. The van der Waals surface area contributed by atoms with Gasteiger partial charge in [-0.1, -0.05) is 17.7 Å². The highest BCUT2D eigenvalue weighted by Gasteiger charge is 2.11. The van der Waals surface area contributed by atoms with E-state index in [1.165, 1.54) is 26.0 Å². The highest BCUT2D eigenvalue weighted by atomic mass is 35.5. The Morgan fingerprint density at radius 2 is 2.05 bits per heavy atom. The number of halogens is 1. The van der Waals surface area contributed by atoms with E-state index in [1.54, 1.807) is 31.2 Å². The van der Waals surface area contributed by atoms with Crippen LogP contribution in [0.1, 0.15) is 6.92 Å². The predicted octanol–water partition coefficient (Wildman–Crippen LogP) is 1.32. The molecule has 3 rings (SSSR count). The predicted molar refractivity (Wildman–Crippen MR) is 75.7 cm³/mol. The fourth-order valence-electron chi connectivity index (χ4n) is 2.04. The monoisotopic (exact) mass is 290 g/mol. The number of hydrogen-bond acceptors (Lipinski definition) is 3. The van der Waals surface area contributed by atoms with Crippen molar-refractivity contribution in [3.63, 3.8) is 0 Å². The molecule has 0 aliphatic heterocycles. The van der Waals surface area contributed by atoms with Crippen LogP contribution < -0.4 is 11.2 Å². The molecule has 0 aliphatic carbocycles. The van der Waals surface area contributed by atoms with Gasteiger partial charge in [-0.25, -0.2) is 13.9 Å². The second-order valence-corrected chi connectivity index (χ2v) is 4.68. The minimum Gasteiger partial charge on any atom is -0.280 e. The minimum atomic E-state index is -0.362. The second-order valence-electron chi connectivity index (χ2n) is 4.25. The van der Waals surface area contributed by atoms with E-state index in [1.807, 2.05) is 0 Å². The molecule has 0 saturated heterocycles. The summed E-state index contributed by atoms with van der Waals surface area (Å²) in [4.78, 5) is 24.3. The maximum absolute atomic E-state index is 12.4. The van der Waals surface area contributed by atoms with Crippen LogP contribution in [0.4, 0.5) is 0 Å². The van der Waals surface area contributed by atoms with Gasteiger partial charge < -0.3 is 0 Å². The SMILES string of the molecule is CCn1nc2c(=O)n(-c3cccc(Cl)c3)ccn2c1=O. The van der Waals surface area contributed by atoms with Crippen LogP contribution in [-0.2, 0) is 6.54 Å². The van der Waals surface area contributed by atoms with Gasteiger partial charge in [0.05, 0.1) is 5.69 Å². The van der Waals surface area contributed by atoms with Gasteiger partial charge in [-0.2, -0.15) is 0 Å². The van der Waals surface area contributed by atoms with Crippen molar-refractivity contribution >= 4 is 17.2 Å². The van der Waals surface area contributed by atoms with E-state index in [2.05, 4.69) is 5.10 Å². The Kier molecular flexibility index (Phi) is 2.94. The van der Waals surface area contributed by atoms with E-state index in [0.717, 1.165) is 0 Å². The van der Waals surface area contributed by atoms with E-state index < -0.39 is 0 Å². The van der Waals surface area contributed by atoms with Crippen LogP contribution in [0.25, 0.3) is 11.3 Å². The molecule has 0 radical (unpaired) electrons. The van der Waals surface area contributed by atoms with Crippen molar-refractivity contribution in [1.82, 2.24) is 18.7 Å². The summed E-state index contributed by atoms with van der Waals surface area (Å²) in [6, 6.07) is 6.92. The summed E-state index contributed by atoms with van der Waals surface area (Å²) in [6.07, 6.45) is 3.06. The van der Waals surface area contributed by atoms with Crippen molar-refractivity contribution in [2.24, 2.45) is 0 Å². The number of aromatic nitrogens is 4. The summed E-state index contributed by atoms with van der Waals surface area (Å²) in [7, 11) is 0. The smallest absolute Gasteiger partial charge is 0.280 e. The third kappa shape index (κ3) is 1.85. The molecule has 0 fully saturated rings. The number of hydrogen-bond donors (Lipinski definition) is 0. The molecule has 2 aromatic heterocycles. The largest absolute Gasteiger partial charge is 0.350 e. The van der Waals surface area contributed by atoms with Crippen molar-refractivity contribution in [2.75, 3.05) is 0 Å². The average Bonchev–Trinajstić information content (AvgIpc) is 2.77. The molecule has 0 spiro atoms. The Labute approximate surface area is 118 Å². The first kappa shape index (κ1) is 12.7. The van der Waals surface area contributed by atoms with Gasteiger partial charge in [0.1, 0.15) is 0 Å². The lowest BCUT2D eigenvalue weighted by Crippen LogP contribution is -2.23. The lowest BCUT2D eigenvalue weighted by Gasteiger charge is -2.05. The van der Waals surface area contributed by atoms with Gasteiger partial charge in [-0.05, 0) is 25.1 Å². The van der Waals surface area contributed by atoms with Gasteiger partial charge in [0.15, 0.2) is 0 Å². The fourth-order valence-corrected chi connectivity index (χ4v) is 2.23. The summed E-state index contributed by atoms with van der Waals surface area (Å²) in [5.41, 5.74) is 0.0414. The average molecular weight is 291 g/mol. The van der Waals surface area contributed by atoms with Crippen molar-refractivity contribution < 1.29 is 0 Å². The van der Waals surface area contributed by atoms with Gasteiger partial charge in [0, 0.05) is 24.0 Å². The summed E-state index contributed by atoms with van der Waals surface area (Å²) in [5, 5.41) is 4.57. The van der Waals surface area contributed by atoms with Gasteiger partial charge in [-0.15, -0.1) is 5.10 Å². The van der Waals surface area contributed by atoms with Crippen molar-refractivity contribution in [1.29, 1.82) is 0 Å². The molecule has 0 bridgehead atoms. The molecule has 0 atom stereocenters. The first-order valence-electron chi connectivity index (χ1n) is 6.08. The Bertz CT molecular complexity index is 907. The van der Waals surface area contributed by atoms with Crippen LogP contribution >= 0.6 is 11.6 Å². The molecular formula is C13H11ClN4O2. The number of fused-ring (bicyclic) bond motifs is 1. The van der Waals surface area contributed by atoms with Crippen LogP contribution in [0.2, 0.25) is 5.02 Å². The third-order valence-corrected chi connectivity index (χ3v) is 3.27. The minimum absolute atomic E-state index is 0.0966. The topological polar surface area (TPSA) is 61.3 Å². The fraction of sp³-hybridized carbons (Fsp3) is 0.154. The van der Waals surface area contributed by atoms with Crippen LogP contribution in [0.3, 0.4) is 0 Å². The molecular weight excluding hydrogens is 280 g/mol. The van der Waals surface area contributed by atoms with E-state index in [-0.39, 0.29) is 16.9 Å². The zero-order chi connectivity index (χ0) is 14.3. The molecule has 0 saturated carbocycles. The first-order valence-corrected chi connectivity index (χ1v) is 6.46.